The van der Waals surface area contributed by atoms with E-state index in [0.29, 0.717) is 32.3 Å². The second-order valence-electron chi connectivity index (χ2n) is 5.13. The monoisotopic (exact) mass is 283 g/mol. The molecule has 2 N–H and O–H groups in total. The Bertz CT molecular complexity index is 343. The third kappa shape index (κ3) is 4.63. The lowest BCUT2D eigenvalue weighted by Gasteiger charge is -2.35. The molecule has 1 aliphatic rings. The SMILES string of the molecule is CCOC(=O)CC[C@@H](CC)[C@@H]1C=CC[C@@H](NC=O)[C@@H]1O. The van der Waals surface area contributed by atoms with E-state index in [1.807, 2.05) is 19.1 Å². The molecule has 0 aromatic carbocycles. The summed E-state index contributed by atoms with van der Waals surface area (Å²) in [5, 5.41) is 13.0. The number of hydrogen-bond acceptors (Lipinski definition) is 4. The Balaban J connectivity index is 2.59. The Morgan fingerprint density at radius 2 is 2.30 bits per heavy atom. The van der Waals surface area contributed by atoms with Crippen molar-refractivity contribution in [3.05, 3.63) is 12.2 Å². The van der Waals surface area contributed by atoms with Crippen molar-refractivity contribution in [2.45, 2.75) is 51.7 Å². The van der Waals surface area contributed by atoms with Gasteiger partial charge in [0.2, 0.25) is 6.41 Å². The molecule has 0 bridgehead atoms. The zero-order chi connectivity index (χ0) is 15.0. The van der Waals surface area contributed by atoms with E-state index >= 15 is 0 Å². The number of hydrogen-bond donors (Lipinski definition) is 2. The van der Waals surface area contributed by atoms with Gasteiger partial charge in [0.1, 0.15) is 0 Å². The first-order valence-electron chi connectivity index (χ1n) is 7.34. The summed E-state index contributed by atoms with van der Waals surface area (Å²) in [4.78, 5) is 22.0. The predicted molar refractivity (Wildman–Crippen MR) is 75.9 cm³/mol. The molecule has 0 radical (unpaired) electrons. The summed E-state index contributed by atoms with van der Waals surface area (Å²) in [5.41, 5.74) is 0. The van der Waals surface area contributed by atoms with Crippen molar-refractivity contribution in [3.63, 3.8) is 0 Å². The minimum Gasteiger partial charge on any atom is -0.466 e. The fourth-order valence-corrected chi connectivity index (χ4v) is 2.80. The van der Waals surface area contributed by atoms with Crippen LogP contribution in [0.2, 0.25) is 0 Å². The van der Waals surface area contributed by atoms with Crippen LogP contribution in [0.15, 0.2) is 12.2 Å². The highest BCUT2D eigenvalue weighted by atomic mass is 16.5. The summed E-state index contributed by atoms with van der Waals surface area (Å²) in [6.45, 7) is 4.23. The number of rotatable bonds is 8. The molecule has 20 heavy (non-hydrogen) atoms. The van der Waals surface area contributed by atoms with E-state index in [2.05, 4.69) is 5.32 Å². The zero-order valence-electron chi connectivity index (χ0n) is 12.2. The second-order valence-corrected chi connectivity index (χ2v) is 5.13. The van der Waals surface area contributed by atoms with Gasteiger partial charge in [-0.2, -0.15) is 0 Å². The van der Waals surface area contributed by atoms with Gasteiger partial charge in [0.05, 0.1) is 18.8 Å². The van der Waals surface area contributed by atoms with Gasteiger partial charge >= 0.3 is 5.97 Å². The number of aliphatic hydroxyl groups is 1. The largest absolute Gasteiger partial charge is 0.466 e. The topological polar surface area (TPSA) is 75.6 Å². The van der Waals surface area contributed by atoms with Crippen LogP contribution in [0, 0.1) is 11.8 Å². The molecule has 0 fully saturated rings. The van der Waals surface area contributed by atoms with Crippen LogP contribution in [0.4, 0.5) is 0 Å². The first kappa shape index (κ1) is 16.7. The molecule has 4 atom stereocenters. The zero-order valence-corrected chi connectivity index (χ0v) is 12.2. The van der Waals surface area contributed by atoms with Gasteiger partial charge in [-0.05, 0) is 25.7 Å². The lowest BCUT2D eigenvalue weighted by atomic mass is 9.77. The first-order valence-corrected chi connectivity index (χ1v) is 7.34. The summed E-state index contributed by atoms with van der Waals surface area (Å²) >= 11 is 0. The number of carbonyl (C=O) groups is 2. The van der Waals surface area contributed by atoms with Crippen LogP contribution in [0.5, 0.6) is 0 Å². The molecule has 114 valence electrons. The summed E-state index contributed by atoms with van der Waals surface area (Å²) in [7, 11) is 0. The third-order valence-corrected chi connectivity index (χ3v) is 3.93. The molecule has 0 aromatic rings. The summed E-state index contributed by atoms with van der Waals surface area (Å²) < 4.78 is 4.93. The van der Waals surface area contributed by atoms with E-state index in [-0.39, 0.29) is 23.8 Å². The fourth-order valence-electron chi connectivity index (χ4n) is 2.80. The lowest BCUT2D eigenvalue weighted by Crippen LogP contribution is -2.46. The molecular weight excluding hydrogens is 258 g/mol. The Kier molecular flexibility index (Phi) is 7.30. The molecule has 5 nitrogen and oxygen atoms in total. The molecule has 0 unspecified atom stereocenters. The molecule has 1 amide bonds. The molecule has 5 heteroatoms. The molecule has 1 rings (SSSR count). The highest BCUT2D eigenvalue weighted by molar-refractivity contribution is 5.69. The maximum absolute atomic E-state index is 11.4. The van der Waals surface area contributed by atoms with Crippen molar-refractivity contribution in [1.29, 1.82) is 0 Å². The summed E-state index contributed by atoms with van der Waals surface area (Å²) in [6.07, 6.45) is 6.61. The Labute approximate surface area is 120 Å². The average Bonchev–Trinajstić information content (AvgIpc) is 2.43. The highest BCUT2D eigenvalue weighted by Crippen LogP contribution is 2.31. The van der Waals surface area contributed by atoms with Crippen molar-refractivity contribution >= 4 is 12.4 Å². The van der Waals surface area contributed by atoms with E-state index in [9.17, 15) is 14.7 Å². The van der Waals surface area contributed by atoms with Crippen LogP contribution >= 0.6 is 0 Å². The van der Waals surface area contributed by atoms with E-state index in [4.69, 9.17) is 4.74 Å². The van der Waals surface area contributed by atoms with Gasteiger partial charge in [0.25, 0.3) is 0 Å². The third-order valence-electron chi connectivity index (χ3n) is 3.93. The fraction of sp³-hybridized carbons (Fsp3) is 0.733. The van der Waals surface area contributed by atoms with E-state index in [1.54, 1.807) is 6.92 Å². The molecule has 0 spiro atoms. The van der Waals surface area contributed by atoms with Gasteiger partial charge in [0.15, 0.2) is 0 Å². The van der Waals surface area contributed by atoms with Crippen LogP contribution in [0.3, 0.4) is 0 Å². The Morgan fingerprint density at radius 1 is 1.55 bits per heavy atom. The van der Waals surface area contributed by atoms with Crippen molar-refractivity contribution in [2.75, 3.05) is 6.61 Å². The second kappa shape index (κ2) is 8.74. The maximum atomic E-state index is 11.4. The minimum atomic E-state index is -0.600. The Morgan fingerprint density at radius 3 is 2.90 bits per heavy atom. The molecular formula is C15H25NO4. The quantitative estimate of drug-likeness (QED) is 0.401. The van der Waals surface area contributed by atoms with Gasteiger partial charge in [-0.25, -0.2) is 0 Å². The normalized spacial score (nSPS) is 26.9. The van der Waals surface area contributed by atoms with Crippen molar-refractivity contribution in [1.82, 2.24) is 5.32 Å². The van der Waals surface area contributed by atoms with Crippen molar-refractivity contribution in [2.24, 2.45) is 11.8 Å². The first-order chi connectivity index (χ1) is 9.63. The number of aliphatic hydroxyl groups excluding tert-OH is 1. The smallest absolute Gasteiger partial charge is 0.305 e. The molecule has 0 saturated heterocycles. The van der Waals surface area contributed by atoms with Gasteiger partial charge < -0.3 is 15.2 Å². The summed E-state index contributed by atoms with van der Waals surface area (Å²) in [6, 6.07) is -0.237. The number of carbonyl (C=O) groups excluding carboxylic acids is 2. The van der Waals surface area contributed by atoms with Crippen molar-refractivity contribution < 1.29 is 19.4 Å². The number of esters is 1. The van der Waals surface area contributed by atoms with Crippen LogP contribution in [-0.4, -0.2) is 36.2 Å². The molecule has 0 aliphatic heterocycles. The van der Waals surface area contributed by atoms with E-state index in [0.717, 1.165) is 6.42 Å². The van der Waals surface area contributed by atoms with Gasteiger partial charge in [0, 0.05) is 12.3 Å². The maximum Gasteiger partial charge on any atom is 0.305 e. The average molecular weight is 283 g/mol. The van der Waals surface area contributed by atoms with Gasteiger partial charge in [-0.1, -0.05) is 25.5 Å². The van der Waals surface area contributed by atoms with Crippen molar-refractivity contribution in [3.8, 4) is 0 Å². The number of nitrogens with one attached hydrogen (secondary N) is 1. The molecule has 0 aromatic heterocycles. The van der Waals surface area contributed by atoms with Crippen LogP contribution < -0.4 is 5.32 Å². The molecule has 0 heterocycles. The van der Waals surface area contributed by atoms with Crippen LogP contribution in [0.25, 0.3) is 0 Å². The van der Waals surface area contributed by atoms with E-state index in [1.165, 1.54) is 0 Å². The van der Waals surface area contributed by atoms with Crippen LogP contribution in [0.1, 0.15) is 39.5 Å². The standard InChI is InChI=1S/C15H25NO4/c1-3-11(8-9-14(18)20-4-2)12-6-5-7-13(15(12)19)16-10-17/h5-6,10-13,15,19H,3-4,7-9H2,1-2H3,(H,16,17)/t11-,12+,13-,15-/m1/s1. The lowest BCUT2D eigenvalue weighted by molar-refractivity contribution is -0.143. The number of amides is 1. The predicted octanol–water partition coefficient (Wildman–Crippen LogP) is 1.41. The van der Waals surface area contributed by atoms with Gasteiger partial charge in [-0.3, -0.25) is 9.59 Å². The summed E-state index contributed by atoms with van der Waals surface area (Å²) in [5.74, 6) is -0.00895. The van der Waals surface area contributed by atoms with Crippen LogP contribution in [-0.2, 0) is 14.3 Å². The molecule has 1 aliphatic carbocycles. The highest BCUT2D eigenvalue weighted by Gasteiger charge is 2.33. The van der Waals surface area contributed by atoms with E-state index < -0.39 is 6.10 Å². The number of ether oxygens (including phenoxy) is 1. The van der Waals surface area contributed by atoms with Gasteiger partial charge in [-0.15, -0.1) is 0 Å². The minimum absolute atomic E-state index is 0.0272. The molecule has 0 saturated carbocycles. The Hall–Kier alpha value is -1.36.